The first-order valence-corrected chi connectivity index (χ1v) is 9.81. The summed E-state index contributed by atoms with van der Waals surface area (Å²) in [7, 11) is 0. The molecule has 1 aromatic carbocycles. The van der Waals surface area contributed by atoms with Crippen LogP contribution < -0.4 is 21.4 Å². The number of hydrogen-bond donors (Lipinski definition) is 3. The fourth-order valence-corrected chi connectivity index (χ4v) is 2.61. The average molecular weight is 401 g/mol. The van der Waals surface area contributed by atoms with E-state index in [2.05, 4.69) is 32.6 Å². The molecule has 0 unspecified atom stereocenters. The van der Waals surface area contributed by atoms with Crippen molar-refractivity contribution in [3.63, 3.8) is 0 Å². The quantitative estimate of drug-likeness (QED) is 0.284. The van der Waals surface area contributed by atoms with Gasteiger partial charge in [-0.15, -0.1) is 0 Å². The Morgan fingerprint density at radius 1 is 1.21 bits per heavy atom. The predicted molar refractivity (Wildman–Crippen MR) is 110 cm³/mol. The Morgan fingerprint density at radius 3 is 2.79 bits per heavy atom. The molecule has 0 atom stereocenters. The smallest absolute Gasteiger partial charge is 0.342 e. The third kappa shape index (κ3) is 8.12. The fraction of sp³-hybridized carbons (Fsp3) is 0.450. The van der Waals surface area contributed by atoms with E-state index in [0.717, 1.165) is 18.4 Å². The van der Waals surface area contributed by atoms with Gasteiger partial charge in [-0.1, -0.05) is 44.7 Å². The van der Waals surface area contributed by atoms with E-state index in [-0.39, 0.29) is 24.4 Å². The molecular weight excluding hydrogens is 374 g/mol. The molecule has 0 bridgehead atoms. The molecule has 3 N–H and O–H groups in total. The fourth-order valence-electron chi connectivity index (χ4n) is 2.61. The van der Waals surface area contributed by atoms with Gasteiger partial charge in [0.1, 0.15) is 11.4 Å². The number of carbonyl (C=O) groups excluding carboxylic acids is 1. The van der Waals surface area contributed by atoms with Crippen LogP contribution >= 0.6 is 0 Å². The number of amides is 1. The third-order valence-corrected chi connectivity index (χ3v) is 4.19. The zero-order valence-corrected chi connectivity index (χ0v) is 16.6. The highest BCUT2D eigenvalue weighted by molar-refractivity contribution is 5.85. The molecule has 0 saturated heterocycles. The topological polar surface area (TPSA) is 129 Å². The van der Waals surface area contributed by atoms with Gasteiger partial charge in [-0.25, -0.2) is 15.3 Å². The number of hydrogen-bond acceptors (Lipinski definition) is 6. The Balaban J connectivity index is 1.79. The third-order valence-electron chi connectivity index (χ3n) is 4.19. The van der Waals surface area contributed by atoms with Gasteiger partial charge in [0, 0.05) is 18.4 Å². The summed E-state index contributed by atoms with van der Waals surface area (Å²) in [5.74, 6) is 0.341. The van der Waals surface area contributed by atoms with Gasteiger partial charge in [-0.05, 0) is 18.6 Å². The number of para-hydroxylation sites is 1. The van der Waals surface area contributed by atoms with E-state index in [1.165, 1.54) is 25.5 Å². The molecule has 0 aliphatic rings. The monoisotopic (exact) mass is 401 g/mol. The first-order valence-electron chi connectivity index (χ1n) is 9.81. The summed E-state index contributed by atoms with van der Waals surface area (Å²) in [5.41, 5.74) is 1.97. The molecule has 1 amide bonds. The van der Waals surface area contributed by atoms with Gasteiger partial charge in [-0.2, -0.15) is 10.2 Å². The Morgan fingerprint density at radius 2 is 2.00 bits per heavy atom. The molecule has 1 aromatic heterocycles. The van der Waals surface area contributed by atoms with Crippen molar-refractivity contribution in [1.29, 1.82) is 0 Å². The van der Waals surface area contributed by atoms with Crippen LogP contribution in [-0.2, 0) is 11.2 Å². The van der Waals surface area contributed by atoms with Crippen molar-refractivity contribution in [3.8, 4) is 5.75 Å². The highest BCUT2D eigenvalue weighted by Crippen LogP contribution is 2.16. The van der Waals surface area contributed by atoms with Crippen LogP contribution in [0.5, 0.6) is 5.75 Å². The van der Waals surface area contributed by atoms with Gasteiger partial charge in [0.2, 0.25) is 5.91 Å². The first-order chi connectivity index (χ1) is 14.1. The molecule has 0 aliphatic carbocycles. The number of nitrogens with zero attached hydrogens (tertiary/aromatic N) is 2. The largest absolute Gasteiger partial charge is 0.493 e. The van der Waals surface area contributed by atoms with Crippen LogP contribution in [0.4, 0.5) is 0 Å². The maximum absolute atomic E-state index is 11.9. The second-order valence-electron chi connectivity index (χ2n) is 6.55. The molecule has 2 rings (SSSR count). The van der Waals surface area contributed by atoms with E-state index in [4.69, 9.17) is 4.74 Å². The summed E-state index contributed by atoms with van der Waals surface area (Å²) in [6, 6.07) is 7.47. The van der Waals surface area contributed by atoms with Crippen LogP contribution in [-0.4, -0.2) is 33.9 Å². The van der Waals surface area contributed by atoms with Crippen molar-refractivity contribution in [3.05, 3.63) is 56.4 Å². The summed E-state index contributed by atoms with van der Waals surface area (Å²) in [4.78, 5) is 36.4. The highest BCUT2D eigenvalue weighted by Gasteiger charge is 2.07. The van der Waals surface area contributed by atoms with Crippen LogP contribution in [0, 0.1) is 0 Å². The van der Waals surface area contributed by atoms with E-state index in [1.807, 2.05) is 24.3 Å². The van der Waals surface area contributed by atoms with Gasteiger partial charge in [0.25, 0.3) is 5.56 Å². The summed E-state index contributed by atoms with van der Waals surface area (Å²) in [6.45, 7) is 2.83. The maximum atomic E-state index is 11.9. The van der Waals surface area contributed by atoms with E-state index in [1.54, 1.807) is 0 Å². The molecule has 0 aliphatic heterocycles. The Bertz CT molecular complexity index is 919. The van der Waals surface area contributed by atoms with Crippen LogP contribution in [0.1, 0.15) is 56.7 Å². The standard InChI is InChI=1S/C20H27N5O4/c1-2-3-4-5-8-13-29-17-10-7-6-9-15(17)14-21-24-18(26)12-11-16-19(27)22-20(28)25-23-16/h6-7,9-10,14H,2-5,8,11-13H2,1H3,(H,24,26)(H2,22,25,27,28)/b21-14+. The van der Waals surface area contributed by atoms with E-state index in [0.29, 0.717) is 12.4 Å². The molecule has 0 fully saturated rings. The number of aromatic nitrogens is 3. The lowest BCUT2D eigenvalue weighted by atomic mass is 10.2. The Labute approximate surface area is 168 Å². The first kappa shape index (κ1) is 22.1. The number of H-pyrrole nitrogens is 2. The Hall–Kier alpha value is -3.23. The minimum Gasteiger partial charge on any atom is -0.493 e. The molecule has 0 radical (unpaired) electrons. The predicted octanol–water partition coefficient (Wildman–Crippen LogP) is 1.89. The minimum absolute atomic E-state index is 0.00930. The zero-order chi connectivity index (χ0) is 20.9. The van der Waals surface area contributed by atoms with Gasteiger partial charge < -0.3 is 4.74 Å². The van der Waals surface area contributed by atoms with Gasteiger partial charge in [0.05, 0.1) is 12.8 Å². The summed E-state index contributed by atoms with van der Waals surface area (Å²) >= 11 is 0. The summed E-state index contributed by atoms with van der Waals surface area (Å²) < 4.78 is 5.82. The number of hydrazone groups is 1. The Kier molecular flexibility index (Phi) is 9.34. The van der Waals surface area contributed by atoms with Crippen molar-refractivity contribution in [1.82, 2.24) is 20.6 Å². The molecule has 0 spiro atoms. The van der Waals surface area contributed by atoms with E-state index >= 15 is 0 Å². The lowest BCUT2D eigenvalue weighted by Crippen LogP contribution is -2.28. The molecule has 29 heavy (non-hydrogen) atoms. The van der Waals surface area contributed by atoms with Crippen LogP contribution in [0.15, 0.2) is 39.0 Å². The molecule has 2 aromatic rings. The molecule has 9 nitrogen and oxygen atoms in total. The minimum atomic E-state index is -0.686. The van der Waals surface area contributed by atoms with Crippen LogP contribution in [0.3, 0.4) is 0 Å². The highest BCUT2D eigenvalue weighted by atomic mass is 16.5. The number of nitrogens with one attached hydrogen (secondary N) is 3. The van der Waals surface area contributed by atoms with Gasteiger partial charge in [-0.3, -0.25) is 14.6 Å². The van der Waals surface area contributed by atoms with Gasteiger partial charge >= 0.3 is 5.69 Å². The zero-order valence-electron chi connectivity index (χ0n) is 16.6. The van der Waals surface area contributed by atoms with Crippen molar-refractivity contribution >= 4 is 12.1 Å². The van der Waals surface area contributed by atoms with E-state index < -0.39 is 11.2 Å². The van der Waals surface area contributed by atoms with E-state index in [9.17, 15) is 14.4 Å². The second-order valence-corrected chi connectivity index (χ2v) is 6.55. The van der Waals surface area contributed by atoms with Crippen molar-refractivity contribution < 1.29 is 9.53 Å². The summed E-state index contributed by atoms with van der Waals surface area (Å²) in [5, 5.41) is 9.71. The molecule has 156 valence electrons. The SMILES string of the molecule is CCCCCCCOc1ccccc1/C=N/NC(=O)CCc1n[nH]c(=O)[nH]c1=O. The molecule has 9 heteroatoms. The number of ether oxygens (including phenoxy) is 1. The lowest BCUT2D eigenvalue weighted by Gasteiger charge is -2.08. The number of aromatic amines is 2. The normalized spacial score (nSPS) is 10.9. The molecular formula is C20H27N5O4. The molecule has 0 saturated carbocycles. The number of aryl methyl sites for hydroxylation is 1. The number of carbonyl (C=O) groups is 1. The second kappa shape index (κ2) is 12.3. The molecule has 1 heterocycles. The van der Waals surface area contributed by atoms with Crippen molar-refractivity contribution in [2.45, 2.75) is 51.9 Å². The van der Waals surface area contributed by atoms with Gasteiger partial charge in [0.15, 0.2) is 0 Å². The van der Waals surface area contributed by atoms with Crippen LogP contribution in [0.25, 0.3) is 0 Å². The summed E-state index contributed by atoms with van der Waals surface area (Å²) in [6.07, 6.45) is 7.44. The number of unbranched alkanes of at least 4 members (excludes halogenated alkanes) is 4. The number of rotatable bonds is 12. The maximum Gasteiger partial charge on any atom is 0.342 e. The number of benzene rings is 1. The average Bonchev–Trinajstić information content (AvgIpc) is 2.71. The van der Waals surface area contributed by atoms with Crippen molar-refractivity contribution in [2.75, 3.05) is 6.61 Å². The lowest BCUT2D eigenvalue weighted by molar-refractivity contribution is -0.121. The van der Waals surface area contributed by atoms with Crippen molar-refractivity contribution in [2.24, 2.45) is 5.10 Å². The van der Waals surface area contributed by atoms with Crippen LogP contribution in [0.2, 0.25) is 0 Å².